The molecule has 0 saturated heterocycles. The number of aliphatic hydroxyl groups is 1. The van der Waals surface area contributed by atoms with Gasteiger partial charge in [-0.1, -0.05) is 18.2 Å². The van der Waals surface area contributed by atoms with Crippen LogP contribution >= 0.6 is 11.3 Å². The van der Waals surface area contributed by atoms with Crippen LogP contribution in [0.15, 0.2) is 29.6 Å². The fourth-order valence-electron chi connectivity index (χ4n) is 1.78. The van der Waals surface area contributed by atoms with E-state index >= 15 is 0 Å². The van der Waals surface area contributed by atoms with Gasteiger partial charge in [0.25, 0.3) is 5.91 Å². The number of amides is 1. The lowest BCUT2D eigenvalue weighted by Crippen LogP contribution is -2.41. The largest absolute Gasteiger partial charge is 0.480 e. The van der Waals surface area contributed by atoms with Crippen molar-refractivity contribution in [2.24, 2.45) is 0 Å². The molecule has 0 aliphatic carbocycles. The summed E-state index contributed by atoms with van der Waals surface area (Å²) in [6, 6.07) is 6.36. The second-order valence-electron chi connectivity index (χ2n) is 4.02. The molecule has 19 heavy (non-hydrogen) atoms. The molecule has 5 nitrogen and oxygen atoms in total. The number of fused-ring (bicyclic) bond motifs is 1. The van der Waals surface area contributed by atoms with Gasteiger partial charge in [0.1, 0.15) is 6.04 Å². The Morgan fingerprint density at radius 1 is 1.32 bits per heavy atom. The second kappa shape index (κ2) is 5.81. The van der Waals surface area contributed by atoms with Crippen LogP contribution in [0.25, 0.3) is 10.1 Å². The van der Waals surface area contributed by atoms with E-state index in [4.69, 9.17) is 10.2 Å². The third-order valence-electron chi connectivity index (χ3n) is 2.75. The van der Waals surface area contributed by atoms with Crippen molar-refractivity contribution < 1.29 is 19.8 Å². The van der Waals surface area contributed by atoms with E-state index in [0.717, 1.165) is 10.1 Å². The number of hydrogen-bond acceptors (Lipinski definition) is 4. The summed E-state index contributed by atoms with van der Waals surface area (Å²) in [5, 5.41) is 22.7. The molecule has 3 N–H and O–H groups in total. The van der Waals surface area contributed by atoms with Gasteiger partial charge in [0.2, 0.25) is 0 Å². The Kier molecular flexibility index (Phi) is 4.13. The molecule has 1 amide bonds. The van der Waals surface area contributed by atoms with Gasteiger partial charge in [0.15, 0.2) is 0 Å². The number of rotatable bonds is 5. The number of carboxylic acids is 1. The molecule has 2 rings (SSSR count). The van der Waals surface area contributed by atoms with E-state index in [1.54, 1.807) is 5.38 Å². The number of carbonyl (C=O) groups is 2. The number of benzene rings is 1. The van der Waals surface area contributed by atoms with E-state index in [1.807, 2.05) is 24.3 Å². The quantitative estimate of drug-likeness (QED) is 0.773. The van der Waals surface area contributed by atoms with E-state index < -0.39 is 17.9 Å². The van der Waals surface area contributed by atoms with Crippen LogP contribution in [0, 0.1) is 0 Å². The number of aliphatic hydroxyl groups excluding tert-OH is 1. The van der Waals surface area contributed by atoms with Crippen LogP contribution in [0.1, 0.15) is 16.8 Å². The summed E-state index contributed by atoms with van der Waals surface area (Å²) >= 11 is 1.43. The van der Waals surface area contributed by atoms with Crippen LogP contribution in [0.2, 0.25) is 0 Å². The first kappa shape index (κ1) is 13.5. The summed E-state index contributed by atoms with van der Waals surface area (Å²) < 4.78 is 0.974. The van der Waals surface area contributed by atoms with Crippen molar-refractivity contribution in [3.05, 3.63) is 35.2 Å². The second-order valence-corrected chi connectivity index (χ2v) is 4.93. The molecular formula is C13H13NO4S. The van der Waals surface area contributed by atoms with Crippen LogP contribution < -0.4 is 5.32 Å². The Morgan fingerprint density at radius 2 is 2.05 bits per heavy atom. The number of aliphatic carboxylic acids is 1. The maximum absolute atomic E-state index is 12.1. The SMILES string of the molecule is O=C(N[C@@H](CCO)C(=O)O)c1csc2ccccc12. The molecule has 0 fully saturated rings. The zero-order valence-electron chi connectivity index (χ0n) is 10.00. The normalized spacial score (nSPS) is 12.3. The first-order valence-corrected chi connectivity index (χ1v) is 6.62. The summed E-state index contributed by atoms with van der Waals surface area (Å²) in [5.41, 5.74) is 0.463. The summed E-state index contributed by atoms with van der Waals surface area (Å²) in [7, 11) is 0. The van der Waals surface area contributed by atoms with Gasteiger partial charge >= 0.3 is 5.97 Å². The molecule has 100 valence electrons. The van der Waals surface area contributed by atoms with Crippen LogP contribution in [0.3, 0.4) is 0 Å². The minimum Gasteiger partial charge on any atom is -0.480 e. The number of carbonyl (C=O) groups excluding carboxylic acids is 1. The number of hydrogen-bond donors (Lipinski definition) is 3. The van der Waals surface area contributed by atoms with E-state index in [1.165, 1.54) is 11.3 Å². The topological polar surface area (TPSA) is 86.6 Å². The molecule has 0 saturated carbocycles. The summed E-state index contributed by atoms with van der Waals surface area (Å²) in [5.74, 6) is -1.58. The molecule has 0 aliphatic rings. The molecule has 1 heterocycles. The Balaban J connectivity index is 2.22. The predicted octanol–water partition coefficient (Wildman–Crippen LogP) is 1.47. The minimum atomic E-state index is -1.15. The standard InChI is InChI=1S/C13H13NO4S/c15-6-5-10(13(17)18)14-12(16)9-7-19-11-4-2-1-3-8(9)11/h1-4,7,10,15H,5-6H2,(H,14,16)(H,17,18)/t10-/m0/s1. The van der Waals surface area contributed by atoms with Crippen molar-refractivity contribution in [2.45, 2.75) is 12.5 Å². The van der Waals surface area contributed by atoms with Crippen molar-refractivity contribution in [2.75, 3.05) is 6.61 Å². The highest BCUT2D eigenvalue weighted by atomic mass is 32.1. The minimum absolute atomic E-state index is 0.0108. The molecular weight excluding hydrogens is 266 g/mol. The van der Waals surface area contributed by atoms with Crippen LogP contribution in [0.4, 0.5) is 0 Å². The molecule has 6 heteroatoms. The first-order chi connectivity index (χ1) is 9.13. The molecule has 0 radical (unpaired) electrons. The van der Waals surface area contributed by atoms with E-state index in [-0.39, 0.29) is 13.0 Å². The van der Waals surface area contributed by atoms with Crippen molar-refractivity contribution in [3.8, 4) is 0 Å². The predicted molar refractivity (Wildman–Crippen MR) is 72.4 cm³/mol. The molecule has 1 aromatic carbocycles. The smallest absolute Gasteiger partial charge is 0.326 e. The van der Waals surface area contributed by atoms with Gasteiger partial charge in [-0.2, -0.15) is 0 Å². The Bertz CT molecular complexity index is 607. The number of nitrogens with one attached hydrogen (secondary N) is 1. The van der Waals surface area contributed by atoms with Crippen molar-refractivity contribution >= 4 is 33.3 Å². The molecule has 1 atom stereocenters. The molecule has 1 aromatic heterocycles. The number of carboxylic acid groups (broad SMARTS) is 1. The Labute approximate surface area is 113 Å². The van der Waals surface area contributed by atoms with Gasteiger partial charge in [-0.05, 0) is 6.07 Å². The van der Waals surface area contributed by atoms with Crippen LogP contribution in [-0.4, -0.2) is 34.7 Å². The van der Waals surface area contributed by atoms with Crippen LogP contribution in [-0.2, 0) is 4.79 Å². The zero-order valence-corrected chi connectivity index (χ0v) is 10.8. The summed E-state index contributed by atoms with van der Waals surface area (Å²) in [6.45, 7) is -0.290. The molecule has 0 aliphatic heterocycles. The van der Waals surface area contributed by atoms with Crippen molar-refractivity contribution in [3.63, 3.8) is 0 Å². The summed E-state index contributed by atoms with van der Waals surface area (Å²) in [6.07, 6.45) is -0.0108. The number of thiophene rings is 1. The van der Waals surface area contributed by atoms with E-state index in [2.05, 4.69) is 5.32 Å². The van der Waals surface area contributed by atoms with Gasteiger partial charge in [-0.3, -0.25) is 4.79 Å². The van der Waals surface area contributed by atoms with Gasteiger partial charge in [0, 0.05) is 28.5 Å². The Hall–Kier alpha value is -1.92. The monoisotopic (exact) mass is 279 g/mol. The highest BCUT2D eigenvalue weighted by molar-refractivity contribution is 7.17. The van der Waals surface area contributed by atoms with Crippen LogP contribution in [0.5, 0.6) is 0 Å². The maximum atomic E-state index is 12.1. The molecule has 0 bridgehead atoms. The van der Waals surface area contributed by atoms with Gasteiger partial charge in [-0.15, -0.1) is 11.3 Å². The zero-order chi connectivity index (χ0) is 13.8. The maximum Gasteiger partial charge on any atom is 0.326 e. The fourth-order valence-corrected chi connectivity index (χ4v) is 2.72. The highest BCUT2D eigenvalue weighted by Gasteiger charge is 2.21. The average molecular weight is 279 g/mol. The summed E-state index contributed by atoms with van der Waals surface area (Å²) in [4.78, 5) is 23.0. The van der Waals surface area contributed by atoms with Gasteiger partial charge in [0.05, 0.1) is 5.56 Å². The van der Waals surface area contributed by atoms with Gasteiger partial charge in [-0.25, -0.2) is 4.79 Å². The third kappa shape index (κ3) is 2.91. The fraction of sp³-hybridized carbons (Fsp3) is 0.231. The lowest BCUT2D eigenvalue weighted by molar-refractivity contribution is -0.139. The van der Waals surface area contributed by atoms with Gasteiger partial charge < -0.3 is 15.5 Å². The lowest BCUT2D eigenvalue weighted by atomic mass is 10.1. The first-order valence-electron chi connectivity index (χ1n) is 5.74. The van der Waals surface area contributed by atoms with Crippen molar-refractivity contribution in [1.29, 1.82) is 0 Å². The third-order valence-corrected chi connectivity index (χ3v) is 3.71. The average Bonchev–Trinajstić information content (AvgIpc) is 2.81. The lowest BCUT2D eigenvalue weighted by Gasteiger charge is -2.12. The molecule has 2 aromatic rings. The highest BCUT2D eigenvalue weighted by Crippen LogP contribution is 2.25. The van der Waals surface area contributed by atoms with E-state index in [9.17, 15) is 9.59 Å². The molecule has 0 spiro atoms. The molecule has 0 unspecified atom stereocenters. The Morgan fingerprint density at radius 3 is 2.74 bits per heavy atom. The van der Waals surface area contributed by atoms with E-state index in [0.29, 0.717) is 5.56 Å². The van der Waals surface area contributed by atoms with Crippen molar-refractivity contribution in [1.82, 2.24) is 5.32 Å².